The number of carbonyl (C=O) groups is 2. The lowest BCUT2D eigenvalue weighted by Gasteiger charge is -2.41. The molecule has 8 nitrogen and oxygen atoms in total. The Balaban J connectivity index is 3.16. The molecule has 1 aliphatic carbocycles. The summed E-state index contributed by atoms with van der Waals surface area (Å²) < 4.78 is 0. The van der Waals surface area contributed by atoms with Gasteiger partial charge in [-0.2, -0.15) is 0 Å². The zero-order valence-corrected chi connectivity index (χ0v) is 14.7. The quantitative estimate of drug-likeness (QED) is 0.364. The molecule has 0 aromatic rings. The second kappa shape index (κ2) is 9.34. The largest absolute Gasteiger partial charge is 0.370 e. The van der Waals surface area contributed by atoms with E-state index in [1.54, 1.807) is 0 Å². The van der Waals surface area contributed by atoms with Gasteiger partial charge in [-0.3, -0.25) is 9.59 Å². The van der Waals surface area contributed by atoms with Crippen molar-refractivity contribution < 1.29 is 9.59 Å². The van der Waals surface area contributed by atoms with Crippen LogP contribution in [0.4, 0.5) is 0 Å². The summed E-state index contributed by atoms with van der Waals surface area (Å²) in [6.07, 6.45) is 3.34. The van der Waals surface area contributed by atoms with Gasteiger partial charge in [-0.05, 0) is 25.2 Å². The van der Waals surface area contributed by atoms with Crippen LogP contribution in [0.2, 0.25) is 0 Å². The number of nitrogens with two attached hydrogens (primary N) is 2. The first-order valence-electron chi connectivity index (χ1n) is 8.56. The number of hydrogen-bond acceptors (Lipinski definition) is 4. The van der Waals surface area contributed by atoms with Gasteiger partial charge in [0.15, 0.2) is 5.96 Å². The second-order valence-corrected chi connectivity index (χ2v) is 6.53. The summed E-state index contributed by atoms with van der Waals surface area (Å²) >= 11 is 0. The molecule has 1 fully saturated rings. The number of rotatable bonds is 7. The molecule has 24 heavy (non-hydrogen) atoms. The summed E-state index contributed by atoms with van der Waals surface area (Å²) in [5, 5.41) is 5.60. The van der Waals surface area contributed by atoms with Crippen LogP contribution in [-0.2, 0) is 9.59 Å². The SMILES string of the molecule is CCC(CC)[C@@H](NC(C)=O)C1C[C@@H](C(=O)N=O)CC[C@H]1N=C(N)N. The highest BCUT2D eigenvalue weighted by Crippen LogP contribution is 2.37. The Bertz CT molecular complexity index is 486. The van der Waals surface area contributed by atoms with Crippen LogP contribution in [-0.4, -0.2) is 29.9 Å². The molecule has 2 amide bonds. The molecular formula is C16H29N5O3. The summed E-state index contributed by atoms with van der Waals surface area (Å²) in [6.45, 7) is 5.61. The lowest BCUT2D eigenvalue weighted by Crippen LogP contribution is -2.51. The number of nitrogens with zero attached hydrogens (tertiary/aromatic N) is 2. The first-order chi connectivity index (χ1) is 11.3. The van der Waals surface area contributed by atoms with Crippen molar-refractivity contribution in [2.75, 3.05) is 0 Å². The number of aliphatic imine (C=N–C) groups is 1. The third-order valence-electron chi connectivity index (χ3n) is 5.00. The molecule has 0 aliphatic heterocycles. The molecule has 1 unspecified atom stereocenters. The standard InChI is InChI=1S/C16H29N5O3/c1-4-10(5-2)14(19-9(3)22)12-8-11(15(23)21-24)6-7-13(12)20-16(17)18/h10-14H,4-8H2,1-3H3,(H,19,22)(H4,17,18,20)/t11-,12?,13+,14+/m0/s1. The fraction of sp³-hybridized carbons (Fsp3) is 0.812. The highest BCUT2D eigenvalue weighted by atomic mass is 16.3. The van der Waals surface area contributed by atoms with Crippen molar-refractivity contribution in [2.45, 2.75) is 65.0 Å². The predicted molar refractivity (Wildman–Crippen MR) is 92.9 cm³/mol. The molecule has 1 saturated carbocycles. The van der Waals surface area contributed by atoms with Crippen LogP contribution in [0.15, 0.2) is 10.2 Å². The number of nitrogens with one attached hydrogen (secondary N) is 1. The van der Waals surface area contributed by atoms with Gasteiger partial charge >= 0.3 is 0 Å². The molecule has 1 rings (SSSR count). The van der Waals surface area contributed by atoms with Gasteiger partial charge in [-0.25, -0.2) is 4.99 Å². The third kappa shape index (κ3) is 5.28. The second-order valence-electron chi connectivity index (χ2n) is 6.53. The zero-order valence-electron chi connectivity index (χ0n) is 14.7. The highest BCUT2D eigenvalue weighted by Gasteiger charge is 2.41. The van der Waals surface area contributed by atoms with Crippen LogP contribution in [0.1, 0.15) is 52.9 Å². The molecule has 5 N–H and O–H groups in total. The molecule has 136 valence electrons. The van der Waals surface area contributed by atoms with Gasteiger partial charge < -0.3 is 16.8 Å². The normalized spacial score (nSPS) is 24.9. The number of nitroso groups, excluding NO2 is 1. The molecular weight excluding hydrogens is 310 g/mol. The summed E-state index contributed by atoms with van der Waals surface area (Å²) in [4.78, 5) is 38.4. The smallest absolute Gasteiger partial charge is 0.289 e. The van der Waals surface area contributed by atoms with Crippen molar-refractivity contribution in [1.29, 1.82) is 0 Å². The maximum Gasteiger partial charge on any atom is 0.289 e. The lowest BCUT2D eigenvalue weighted by molar-refractivity contribution is -0.123. The van der Waals surface area contributed by atoms with Crippen molar-refractivity contribution in [3.8, 4) is 0 Å². The molecule has 0 aromatic carbocycles. The van der Waals surface area contributed by atoms with Gasteiger partial charge in [0.2, 0.25) is 5.91 Å². The van der Waals surface area contributed by atoms with Crippen LogP contribution >= 0.6 is 0 Å². The zero-order chi connectivity index (χ0) is 18.3. The molecule has 0 bridgehead atoms. The number of amides is 2. The van der Waals surface area contributed by atoms with E-state index in [1.165, 1.54) is 6.92 Å². The maximum absolute atomic E-state index is 11.7. The molecule has 4 atom stereocenters. The van der Waals surface area contributed by atoms with Crippen LogP contribution in [0.25, 0.3) is 0 Å². The Hall–Kier alpha value is -1.99. The minimum atomic E-state index is -0.630. The van der Waals surface area contributed by atoms with E-state index in [0.29, 0.717) is 19.3 Å². The van der Waals surface area contributed by atoms with Crippen molar-refractivity contribution in [2.24, 2.45) is 39.4 Å². The van der Waals surface area contributed by atoms with E-state index in [4.69, 9.17) is 11.5 Å². The summed E-state index contributed by atoms with van der Waals surface area (Å²) in [7, 11) is 0. The van der Waals surface area contributed by atoms with E-state index < -0.39 is 11.8 Å². The summed E-state index contributed by atoms with van der Waals surface area (Å²) in [5.41, 5.74) is 11.1. The van der Waals surface area contributed by atoms with E-state index >= 15 is 0 Å². The van der Waals surface area contributed by atoms with E-state index in [2.05, 4.69) is 29.3 Å². The third-order valence-corrected chi connectivity index (χ3v) is 5.00. The topological polar surface area (TPSA) is 140 Å². The molecule has 0 aromatic heterocycles. The first-order valence-corrected chi connectivity index (χ1v) is 8.56. The highest BCUT2D eigenvalue weighted by molar-refractivity contribution is 5.79. The van der Waals surface area contributed by atoms with Gasteiger partial charge in [0.05, 0.1) is 6.04 Å². The monoisotopic (exact) mass is 339 g/mol. The average molecular weight is 339 g/mol. The van der Waals surface area contributed by atoms with Gasteiger partial charge in [-0.15, -0.1) is 4.91 Å². The number of guanidine groups is 1. The number of hydrogen-bond donors (Lipinski definition) is 3. The Morgan fingerprint density at radius 1 is 1.21 bits per heavy atom. The van der Waals surface area contributed by atoms with Gasteiger partial charge in [0, 0.05) is 30.0 Å². The van der Waals surface area contributed by atoms with Crippen LogP contribution < -0.4 is 16.8 Å². The molecule has 0 radical (unpaired) electrons. The fourth-order valence-corrected chi connectivity index (χ4v) is 3.83. The Morgan fingerprint density at radius 2 is 1.83 bits per heavy atom. The fourth-order valence-electron chi connectivity index (χ4n) is 3.83. The molecule has 0 spiro atoms. The predicted octanol–water partition coefficient (Wildman–Crippen LogP) is 1.28. The minimum absolute atomic E-state index is 0.00518. The van der Waals surface area contributed by atoms with Crippen LogP contribution in [0.5, 0.6) is 0 Å². The summed E-state index contributed by atoms with van der Waals surface area (Å²) in [6, 6.07) is -0.323. The van der Waals surface area contributed by atoms with Crippen molar-refractivity contribution in [1.82, 2.24) is 5.32 Å². The van der Waals surface area contributed by atoms with Crippen LogP contribution in [0, 0.1) is 22.7 Å². The Morgan fingerprint density at radius 3 is 2.29 bits per heavy atom. The van der Waals surface area contributed by atoms with Crippen molar-refractivity contribution >= 4 is 17.8 Å². The summed E-state index contributed by atoms with van der Waals surface area (Å²) in [5.74, 6) is -1.05. The van der Waals surface area contributed by atoms with Crippen molar-refractivity contribution in [3.63, 3.8) is 0 Å². The molecule has 0 saturated heterocycles. The van der Waals surface area contributed by atoms with Gasteiger partial charge in [0.1, 0.15) is 0 Å². The van der Waals surface area contributed by atoms with Gasteiger partial charge in [0.25, 0.3) is 5.91 Å². The maximum atomic E-state index is 11.7. The average Bonchev–Trinajstić information content (AvgIpc) is 2.53. The Labute approximate surface area is 142 Å². The minimum Gasteiger partial charge on any atom is -0.370 e. The van der Waals surface area contributed by atoms with E-state index in [0.717, 1.165) is 12.8 Å². The number of carbonyl (C=O) groups excluding carboxylic acids is 2. The molecule has 1 aliphatic rings. The van der Waals surface area contributed by atoms with Crippen LogP contribution in [0.3, 0.4) is 0 Å². The van der Waals surface area contributed by atoms with E-state index in [9.17, 15) is 14.5 Å². The van der Waals surface area contributed by atoms with Gasteiger partial charge in [-0.1, -0.05) is 26.7 Å². The van der Waals surface area contributed by atoms with E-state index in [1.807, 2.05) is 0 Å². The molecule has 0 heterocycles. The first kappa shape index (κ1) is 20.1. The molecule has 8 heteroatoms. The van der Waals surface area contributed by atoms with Crippen molar-refractivity contribution in [3.05, 3.63) is 4.91 Å². The van der Waals surface area contributed by atoms with E-state index in [-0.39, 0.29) is 35.8 Å². The lowest BCUT2D eigenvalue weighted by atomic mass is 9.70. The Kier molecular flexibility index (Phi) is 7.81.